The van der Waals surface area contributed by atoms with Crippen molar-refractivity contribution in [1.29, 1.82) is 0 Å². The lowest BCUT2D eigenvalue weighted by Crippen LogP contribution is -2.63. The zero-order valence-corrected chi connectivity index (χ0v) is 24.7. The fourth-order valence-corrected chi connectivity index (χ4v) is 8.98. The molecular weight excluding hydrogens is 554 g/mol. The maximum absolute atomic E-state index is 13.4. The summed E-state index contributed by atoms with van der Waals surface area (Å²) in [5.41, 5.74) is 3.16. The van der Waals surface area contributed by atoms with Crippen LogP contribution in [0.15, 0.2) is 58.2 Å². The molecule has 0 unspecified atom stereocenters. The van der Waals surface area contributed by atoms with Crippen LogP contribution >= 0.6 is 15.9 Å². The van der Waals surface area contributed by atoms with E-state index >= 15 is 0 Å². The number of halogens is 1. The van der Waals surface area contributed by atoms with E-state index in [-0.39, 0.29) is 22.8 Å². The van der Waals surface area contributed by atoms with Crippen molar-refractivity contribution in [3.8, 4) is 0 Å². The van der Waals surface area contributed by atoms with Gasteiger partial charge in [-0.1, -0.05) is 55.8 Å². The number of anilines is 1. The van der Waals surface area contributed by atoms with Crippen molar-refractivity contribution >= 4 is 44.3 Å². The molecule has 2 aromatic rings. The van der Waals surface area contributed by atoms with Crippen molar-refractivity contribution in [1.82, 2.24) is 0 Å². The molecule has 2 heterocycles. The zero-order valence-electron chi connectivity index (χ0n) is 23.1. The molecule has 1 spiro atoms. The van der Waals surface area contributed by atoms with Gasteiger partial charge in [0.25, 0.3) is 5.79 Å². The van der Waals surface area contributed by atoms with Gasteiger partial charge in [0, 0.05) is 39.7 Å². The number of carbonyl (C=O) groups excluding carboxylic acids is 2. The molecular formula is C33H36BrNO4. The SMILES string of the molecule is CC(C)CN1/C(=C\C=C2C(=O)OC3(OC2=O)C2CC4CC(C2)CC3C4)C(C)(C)c2c1ccc1cc(Br)ccc21. The Bertz CT molecular complexity index is 1420. The second-order valence-corrected chi connectivity index (χ2v) is 14.3. The van der Waals surface area contributed by atoms with Gasteiger partial charge in [0.2, 0.25) is 0 Å². The number of fused-ring (bicyclic) bond motifs is 3. The number of nitrogens with zero attached hydrogens (tertiary/aromatic N) is 1. The third-order valence-electron chi connectivity index (χ3n) is 9.98. The predicted molar refractivity (Wildman–Crippen MR) is 155 cm³/mol. The molecule has 2 aliphatic heterocycles. The van der Waals surface area contributed by atoms with Crippen LogP contribution in [0.25, 0.3) is 10.8 Å². The van der Waals surface area contributed by atoms with Crippen molar-refractivity contribution in [2.75, 3.05) is 11.4 Å². The Morgan fingerprint density at radius 3 is 2.21 bits per heavy atom. The second-order valence-electron chi connectivity index (χ2n) is 13.4. The Hall–Kier alpha value is -2.60. The van der Waals surface area contributed by atoms with Gasteiger partial charge >= 0.3 is 11.9 Å². The molecule has 0 amide bonds. The van der Waals surface area contributed by atoms with E-state index in [2.05, 4.69) is 78.9 Å². The van der Waals surface area contributed by atoms with Crippen LogP contribution in [0, 0.1) is 29.6 Å². The zero-order chi connectivity index (χ0) is 27.3. The van der Waals surface area contributed by atoms with Gasteiger partial charge in [-0.25, -0.2) is 9.59 Å². The van der Waals surface area contributed by atoms with E-state index in [1.165, 1.54) is 28.4 Å². The third kappa shape index (κ3) is 3.77. The lowest BCUT2D eigenvalue weighted by atomic mass is 9.53. The van der Waals surface area contributed by atoms with Crippen LogP contribution in [0.5, 0.6) is 0 Å². The van der Waals surface area contributed by atoms with Crippen LogP contribution in [0.3, 0.4) is 0 Å². The number of benzene rings is 2. The summed E-state index contributed by atoms with van der Waals surface area (Å²) in [6.45, 7) is 9.69. The molecule has 39 heavy (non-hydrogen) atoms. The van der Waals surface area contributed by atoms with Crippen LogP contribution in [0.2, 0.25) is 0 Å². The lowest BCUT2D eigenvalue weighted by molar-refractivity contribution is -0.313. The van der Waals surface area contributed by atoms with Gasteiger partial charge in [0.05, 0.1) is 0 Å². The number of rotatable bonds is 3. The van der Waals surface area contributed by atoms with Crippen LogP contribution in [0.1, 0.15) is 65.4 Å². The molecule has 5 fully saturated rings. The summed E-state index contributed by atoms with van der Waals surface area (Å²) in [5, 5.41) is 2.39. The molecule has 5 nitrogen and oxygen atoms in total. The number of hydrogen-bond donors (Lipinski definition) is 0. The monoisotopic (exact) mass is 589 g/mol. The standard InChI is InChI=1S/C33H36BrNO4/c1-18(2)17-35-27-9-5-21-16-24(34)6-7-25(21)29(27)32(3,4)28(35)10-8-26-30(36)38-33(39-31(26)37)22-12-19-11-20(14-22)15-23(33)13-19/h5-10,16,18-20,22-23H,11-15,17H2,1-4H3/b26-8?,28-10-. The summed E-state index contributed by atoms with van der Waals surface area (Å²) in [7, 11) is 0. The fraction of sp³-hybridized carbons (Fsp3) is 0.515. The van der Waals surface area contributed by atoms with Gasteiger partial charge in [-0.15, -0.1) is 0 Å². The highest BCUT2D eigenvalue weighted by molar-refractivity contribution is 9.10. The molecule has 4 aliphatic carbocycles. The molecule has 0 radical (unpaired) electrons. The summed E-state index contributed by atoms with van der Waals surface area (Å²) < 4.78 is 13.3. The van der Waals surface area contributed by atoms with E-state index in [1.807, 2.05) is 6.08 Å². The molecule has 4 saturated carbocycles. The number of allylic oxidation sites excluding steroid dienone is 3. The molecule has 0 N–H and O–H groups in total. The highest BCUT2D eigenvalue weighted by atomic mass is 79.9. The Morgan fingerprint density at radius 1 is 0.949 bits per heavy atom. The number of hydrogen-bond acceptors (Lipinski definition) is 5. The van der Waals surface area contributed by atoms with Gasteiger partial charge in [0.15, 0.2) is 0 Å². The first-order valence-corrected chi connectivity index (χ1v) is 15.3. The Balaban J connectivity index is 1.26. The van der Waals surface area contributed by atoms with Gasteiger partial charge < -0.3 is 14.4 Å². The fourth-order valence-electron chi connectivity index (χ4n) is 8.60. The summed E-state index contributed by atoms with van der Waals surface area (Å²) >= 11 is 3.61. The van der Waals surface area contributed by atoms with Gasteiger partial charge in [-0.05, 0) is 96.5 Å². The molecule has 0 aromatic heterocycles. The second kappa shape index (κ2) is 8.70. The number of esters is 2. The topological polar surface area (TPSA) is 55.8 Å². The van der Waals surface area contributed by atoms with Crippen molar-refractivity contribution in [2.45, 2.75) is 71.0 Å². The molecule has 1 saturated heterocycles. The molecule has 204 valence electrons. The van der Waals surface area contributed by atoms with Crippen LogP contribution in [0.4, 0.5) is 5.69 Å². The van der Waals surface area contributed by atoms with E-state index < -0.39 is 17.7 Å². The molecule has 0 atom stereocenters. The Labute approximate surface area is 238 Å². The van der Waals surface area contributed by atoms with E-state index in [4.69, 9.17) is 9.47 Å². The predicted octanol–water partition coefficient (Wildman–Crippen LogP) is 7.42. The summed E-state index contributed by atoms with van der Waals surface area (Å²) in [6.07, 6.45) is 8.86. The summed E-state index contributed by atoms with van der Waals surface area (Å²) in [4.78, 5) is 29.2. The van der Waals surface area contributed by atoms with E-state index in [0.29, 0.717) is 17.8 Å². The normalized spacial score (nSPS) is 33.3. The largest absolute Gasteiger partial charge is 0.418 e. The average molecular weight is 591 g/mol. The highest BCUT2D eigenvalue weighted by Gasteiger charge is 2.64. The van der Waals surface area contributed by atoms with Crippen LogP contribution < -0.4 is 4.90 Å². The first kappa shape index (κ1) is 25.4. The smallest absolute Gasteiger partial charge is 0.348 e. The quantitative estimate of drug-likeness (QED) is 0.212. The molecule has 6 aliphatic rings. The minimum absolute atomic E-state index is 0.00743. The summed E-state index contributed by atoms with van der Waals surface area (Å²) in [6, 6.07) is 10.8. The minimum atomic E-state index is -1.05. The minimum Gasteiger partial charge on any atom is -0.418 e. The average Bonchev–Trinajstić information content (AvgIpc) is 3.07. The van der Waals surface area contributed by atoms with Crippen LogP contribution in [-0.4, -0.2) is 24.3 Å². The van der Waals surface area contributed by atoms with E-state index in [0.717, 1.165) is 42.4 Å². The molecule has 2 aromatic carbocycles. The Kier molecular flexibility index (Phi) is 5.66. The van der Waals surface area contributed by atoms with Crippen molar-refractivity contribution in [2.24, 2.45) is 29.6 Å². The van der Waals surface area contributed by atoms with Crippen molar-refractivity contribution in [3.05, 3.63) is 63.8 Å². The first-order chi connectivity index (χ1) is 18.6. The summed E-state index contributed by atoms with van der Waals surface area (Å²) in [5.74, 6) is -0.0419. The molecule has 6 heteroatoms. The van der Waals surface area contributed by atoms with Crippen LogP contribution in [-0.2, 0) is 24.5 Å². The number of carbonyl (C=O) groups is 2. The number of ether oxygens (including phenoxy) is 2. The van der Waals surface area contributed by atoms with Crippen molar-refractivity contribution in [3.63, 3.8) is 0 Å². The van der Waals surface area contributed by atoms with E-state index in [9.17, 15) is 9.59 Å². The van der Waals surface area contributed by atoms with Gasteiger partial charge in [0.1, 0.15) is 5.57 Å². The molecule has 8 rings (SSSR count). The van der Waals surface area contributed by atoms with Gasteiger partial charge in [-0.3, -0.25) is 0 Å². The third-order valence-corrected chi connectivity index (χ3v) is 10.5. The maximum Gasteiger partial charge on any atom is 0.348 e. The highest BCUT2D eigenvalue weighted by Crippen LogP contribution is 2.61. The maximum atomic E-state index is 13.4. The lowest BCUT2D eigenvalue weighted by Gasteiger charge is -2.59. The molecule has 4 bridgehead atoms. The Morgan fingerprint density at radius 2 is 1.59 bits per heavy atom. The van der Waals surface area contributed by atoms with E-state index in [1.54, 1.807) is 6.08 Å². The van der Waals surface area contributed by atoms with Gasteiger partial charge in [-0.2, -0.15) is 0 Å². The first-order valence-electron chi connectivity index (χ1n) is 14.5. The van der Waals surface area contributed by atoms with Crippen molar-refractivity contribution < 1.29 is 19.1 Å².